The SMILES string of the molecule is Fc1cccc(COc2ccc(Nc3ncnc4ccc(-c5cc[nH]c5)cc34)cc2Cl)c1. The lowest BCUT2D eigenvalue weighted by atomic mass is 10.1. The van der Waals surface area contributed by atoms with E-state index in [2.05, 4.69) is 26.3 Å². The number of hydrogen-bond donors (Lipinski definition) is 2. The van der Waals surface area contributed by atoms with Gasteiger partial charge in [-0.1, -0.05) is 29.8 Å². The van der Waals surface area contributed by atoms with E-state index in [1.165, 1.54) is 18.5 Å². The Morgan fingerprint density at radius 3 is 2.72 bits per heavy atom. The first-order valence-electron chi connectivity index (χ1n) is 9.97. The van der Waals surface area contributed by atoms with Crippen LogP contribution in [0.4, 0.5) is 15.9 Å². The lowest BCUT2D eigenvalue weighted by Gasteiger charge is -2.12. The summed E-state index contributed by atoms with van der Waals surface area (Å²) in [5, 5.41) is 4.66. The summed E-state index contributed by atoms with van der Waals surface area (Å²) in [5.41, 5.74) is 4.48. The van der Waals surface area contributed by atoms with Gasteiger partial charge >= 0.3 is 0 Å². The molecule has 0 saturated heterocycles. The van der Waals surface area contributed by atoms with E-state index in [9.17, 15) is 4.39 Å². The van der Waals surface area contributed by atoms with Gasteiger partial charge in [0.1, 0.15) is 30.3 Å². The second-order valence-electron chi connectivity index (χ2n) is 7.24. The maximum Gasteiger partial charge on any atom is 0.141 e. The van der Waals surface area contributed by atoms with E-state index in [0.29, 0.717) is 16.6 Å². The summed E-state index contributed by atoms with van der Waals surface area (Å²) >= 11 is 6.43. The Hall–Kier alpha value is -3.90. The monoisotopic (exact) mass is 444 g/mol. The molecule has 5 aromatic rings. The number of fused-ring (bicyclic) bond motifs is 1. The summed E-state index contributed by atoms with van der Waals surface area (Å²) in [6.45, 7) is 0.225. The van der Waals surface area contributed by atoms with Gasteiger partial charge < -0.3 is 15.0 Å². The highest BCUT2D eigenvalue weighted by Gasteiger charge is 2.09. The van der Waals surface area contributed by atoms with Crippen LogP contribution in [0.1, 0.15) is 5.56 Å². The molecular formula is C25H18ClFN4O. The van der Waals surface area contributed by atoms with E-state index in [1.54, 1.807) is 24.3 Å². The molecule has 5 rings (SSSR count). The van der Waals surface area contributed by atoms with Crippen LogP contribution in [0.15, 0.2) is 85.5 Å². The van der Waals surface area contributed by atoms with Crippen molar-refractivity contribution in [2.24, 2.45) is 0 Å². The van der Waals surface area contributed by atoms with Gasteiger partial charge in [0.2, 0.25) is 0 Å². The predicted octanol–water partition coefficient (Wildman–Crippen LogP) is 6.74. The quantitative estimate of drug-likeness (QED) is 0.304. The lowest BCUT2D eigenvalue weighted by molar-refractivity contribution is 0.306. The van der Waals surface area contributed by atoms with Crippen molar-refractivity contribution in [3.63, 3.8) is 0 Å². The summed E-state index contributed by atoms with van der Waals surface area (Å²) in [6.07, 6.45) is 5.36. The van der Waals surface area contributed by atoms with E-state index in [4.69, 9.17) is 16.3 Å². The second kappa shape index (κ2) is 8.69. The molecule has 0 saturated carbocycles. The third-order valence-corrected chi connectivity index (χ3v) is 5.34. The molecule has 0 atom stereocenters. The van der Waals surface area contributed by atoms with Gasteiger partial charge in [-0.3, -0.25) is 0 Å². The third-order valence-electron chi connectivity index (χ3n) is 5.04. The molecule has 0 radical (unpaired) electrons. The lowest BCUT2D eigenvalue weighted by Crippen LogP contribution is -1.98. The van der Waals surface area contributed by atoms with E-state index >= 15 is 0 Å². The Balaban J connectivity index is 1.38. The zero-order valence-electron chi connectivity index (χ0n) is 16.8. The number of anilines is 2. The van der Waals surface area contributed by atoms with Gasteiger partial charge in [0.05, 0.1) is 10.5 Å². The van der Waals surface area contributed by atoms with Gasteiger partial charge in [-0.05, 0) is 65.2 Å². The molecule has 0 aliphatic heterocycles. The van der Waals surface area contributed by atoms with Crippen LogP contribution in [0.5, 0.6) is 5.75 Å². The smallest absolute Gasteiger partial charge is 0.141 e. The molecule has 3 aromatic carbocycles. The number of halogens is 2. The van der Waals surface area contributed by atoms with Crippen molar-refractivity contribution in [2.75, 3.05) is 5.32 Å². The summed E-state index contributed by atoms with van der Waals surface area (Å²) in [4.78, 5) is 11.9. The second-order valence-corrected chi connectivity index (χ2v) is 7.65. The standard InChI is InChI=1S/C25H18ClFN4O/c26-22-12-20(5-7-24(22)32-14-16-2-1-3-19(27)10-16)31-25-21-11-17(18-8-9-28-13-18)4-6-23(21)29-15-30-25/h1-13,15,28H,14H2,(H,29,30,31). The highest BCUT2D eigenvalue weighted by molar-refractivity contribution is 6.32. The van der Waals surface area contributed by atoms with Crippen LogP contribution in [0.25, 0.3) is 22.0 Å². The molecule has 0 spiro atoms. The summed E-state index contributed by atoms with van der Waals surface area (Å²) in [5.74, 6) is 0.897. The average Bonchev–Trinajstić information content (AvgIpc) is 3.34. The highest BCUT2D eigenvalue weighted by atomic mass is 35.5. The first-order valence-corrected chi connectivity index (χ1v) is 10.4. The minimum absolute atomic E-state index is 0.225. The number of benzene rings is 3. The Morgan fingerprint density at radius 2 is 1.91 bits per heavy atom. The maximum absolute atomic E-state index is 13.3. The molecule has 0 aliphatic carbocycles. The minimum atomic E-state index is -0.298. The van der Waals surface area contributed by atoms with Crippen molar-refractivity contribution in [3.8, 4) is 16.9 Å². The number of aromatic nitrogens is 3. The molecular weight excluding hydrogens is 427 g/mol. The van der Waals surface area contributed by atoms with Crippen molar-refractivity contribution in [2.45, 2.75) is 6.61 Å². The van der Waals surface area contributed by atoms with Gasteiger partial charge in [-0.2, -0.15) is 0 Å². The Morgan fingerprint density at radius 1 is 0.969 bits per heavy atom. The van der Waals surface area contributed by atoms with E-state index < -0.39 is 0 Å². The van der Waals surface area contributed by atoms with Crippen molar-refractivity contribution in [1.29, 1.82) is 0 Å². The van der Waals surface area contributed by atoms with Crippen LogP contribution in [0, 0.1) is 5.82 Å². The largest absolute Gasteiger partial charge is 0.487 e. The fraction of sp³-hybridized carbons (Fsp3) is 0.0400. The van der Waals surface area contributed by atoms with E-state index in [1.807, 2.05) is 36.7 Å². The zero-order chi connectivity index (χ0) is 21.9. The topological polar surface area (TPSA) is 62.8 Å². The Kier molecular flexibility index (Phi) is 5.44. The first-order chi connectivity index (χ1) is 15.7. The number of hydrogen-bond acceptors (Lipinski definition) is 4. The molecule has 0 unspecified atom stereocenters. The van der Waals surface area contributed by atoms with Crippen molar-refractivity contribution < 1.29 is 9.13 Å². The maximum atomic E-state index is 13.3. The third kappa shape index (κ3) is 4.26. The highest BCUT2D eigenvalue weighted by Crippen LogP contribution is 2.32. The fourth-order valence-corrected chi connectivity index (χ4v) is 3.69. The number of nitrogens with zero attached hydrogens (tertiary/aromatic N) is 2. The number of nitrogens with one attached hydrogen (secondary N) is 2. The summed E-state index contributed by atoms with van der Waals surface area (Å²) in [7, 11) is 0. The molecule has 0 bridgehead atoms. The molecule has 0 amide bonds. The fourth-order valence-electron chi connectivity index (χ4n) is 3.46. The molecule has 32 heavy (non-hydrogen) atoms. The van der Waals surface area contributed by atoms with E-state index in [0.717, 1.165) is 33.3 Å². The van der Waals surface area contributed by atoms with Crippen molar-refractivity contribution in [3.05, 3.63) is 102 Å². The Bertz CT molecular complexity index is 1390. The zero-order valence-corrected chi connectivity index (χ0v) is 17.6. The van der Waals surface area contributed by atoms with Gasteiger partial charge in [0.25, 0.3) is 0 Å². The Labute approximate surface area is 188 Å². The van der Waals surface area contributed by atoms with Crippen LogP contribution in [-0.2, 0) is 6.61 Å². The number of aromatic amines is 1. The van der Waals surface area contributed by atoms with Gasteiger partial charge in [-0.15, -0.1) is 0 Å². The average molecular weight is 445 g/mol. The molecule has 158 valence electrons. The molecule has 2 N–H and O–H groups in total. The van der Waals surface area contributed by atoms with Crippen molar-refractivity contribution in [1.82, 2.24) is 15.0 Å². The predicted molar refractivity (Wildman–Crippen MR) is 125 cm³/mol. The summed E-state index contributed by atoms with van der Waals surface area (Å²) in [6, 6.07) is 19.8. The molecule has 2 heterocycles. The van der Waals surface area contributed by atoms with Crippen LogP contribution >= 0.6 is 11.6 Å². The molecule has 0 fully saturated rings. The van der Waals surface area contributed by atoms with E-state index in [-0.39, 0.29) is 12.4 Å². The van der Waals surface area contributed by atoms with Crippen molar-refractivity contribution >= 4 is 34.0 Å². The minimum Gasteiger partial charge on any atom is -0.487 e. The molecule has 0 aliphatic rings. The molecule has 5 nitrogen and oxygen atoms in total. The van der Waals surface area contributed by atoms with Crippen LogP contribution in [0.3, 0.4) is 0 Å². The van der Waals surface area contributed by atoms with Gasteiger partial charge in [0, 0.05) is 23.5 Å². The normalized spacial score (nSPS) is 10.9. The number of ether oxygens (including phenoxy) is 1. The van der Waals surface area contributed by atoms with Gasteiger partial charge in [-0.25, -0.2) is 14.4 Å². The summed E-state index contributed by atoms with van der Waals surface area (Å²) < 4.78 is 19.1. The molecule has 2 aromatic heterocycles. The molecule has 7 heteroatoms. The van der Waals surface area contributed by atoms with Crippen LogP contribution in [-0.4, -0.2) is 15.0 Å². The van der Waals surface area contributed by atoms with Crippen LogP contribution < -0.4 is 10.1 Å². The van der Waals surface area contributed by atoms with Gasteiger partial charge in [0.15, 0.2) is 0 Å². The number of H-pyrrole nitrogens is 1. The van der Waals surface area contributed by atoms with Crippen LogP contribution in [0.2, 0.25) is 5.02 Å². The number of rotatable bonds is 6. The first kappa shape index (κ1) is 20.0.